The fourth-order valence-corrected chi connectivity index (χ4v) is 9.02. The van der Waals surface area contributed by atoms with Gasteiger partial charge in [-0.05, 0) is 81.1 Å². The van der Waals surface area contributed by atoms with Gasteiger partial charge in [-0.2, -0.15) is 10.1 Å². The van der Waals surface area contributed by atoms with Gasteiger partial charge < -0.3 is 9.47 Å². The van der Waals surface area contributed by atoms with E-state index in [9.17, 15) is 9.59 Å². The lowest BCUT2D eigenvalue weighted by molar-refractivity contribution is -0.293. The maximum absolute atomic E-state index is 12.8. The second-order valence-corrected chi connectivity index (χ2v) is 18.7. The standard InChI is InChI=1S/C44H84N2O6/c1-11-13-15-17-19-23-27-31-49-45-41(3,4)33-37(34-42(45,5)6)51-39(47)29-25-21-22-26-30-40(48)52-38-35-43(7,8)46(44(9,10)36-38)50-32-28-24-20-18-16-14-12-2/h37-38H,11-36H2,1-10H3. The van der Waals surface area contributed by atoms with Crippen LogP contribution in [0.25, 0.3) is 0 Å². The van der Waals surface area contributed by atoms with E-state index in [1.807, 2.05) is 0 Å². The minimum atomic E-state index is -0.217. The van der Waals surface area contributed by atoms with E-state index in [4.69, 9.17) is 19.1 Å². The second-order valence-electron chi connectivity index (χ2n) is 18.7. The van der Waals surface area contributed by atoms with Crippen LogP contribution in [0, 0.1) is 0 Å². The first-order valence-electron chi connectivity index (χ1n) is 21.8. The average Bonchev–Trinajstić information content (AvgIpc) is 3.02. The van der Waals surface area contributed by atoms with Gasteiger partial charge in [-0.15, -0.1) is 0 Å². The van der Waals surface area contributed by atoms with Crippen molar-refractivity contribution in [2.75, 3.05) is 13.2 Å². The number of esters is 2. The molecule has 0 atom stereocenters. The molecule has 52 heavy (non-hydrogen) atoms. The molecule has 306 valence electrons. The van der Waals surface area contributed by atoms with Crippen LogP contribution < -0.4 is 0 Å². The maximum Gasteiger partial charge on any atom is 0.306 e. The summed E-state index contributed by atoms with van der Waals surface area (Å²) < 4.78 is 12.0. The molecule has 0 N–H and O–H groups in total. The van der Waals surface area contributed by atoms with Crippen LogP contribution in [0.15, 0.2) is 0 Å². The van der Waals surface area contributed by atoms with Gasteiger partial charge in [-0.1, -0.05) is 104 Å². The maximum atomic E-state index is 12.8. The first kappa shape index (κ1) is 46.9. The summed E-state index contributed by atoms with van der Waals surface area (Å²) in [5.74, 6) is -0.229. The molecule has 2 heterocycles. The van der Waals surface area contributed by atoms with Crippen molar-refractivity contribution in [2.45, 2.75) is 258 Å². The van der Waals surface area contributed by atoms with Crippen LogP contribution in [0.4, 0.5) is 0 Å². The number of carbonyl (C=O) groups is 2. The lowest BCUT2D eigenvalue weighted by Gasteiger charge is -2.53. The molecule has 0 saturated carbocycles. The second kappa shape index (κ2) is 23.6. The Kier molecular flexibility index (Phi) is 21.3. The van der Waals surface area contributed by atoms with Gasteiger partial charge in [0.15, 0.2) is 0 Å². The van der Waals surface area contributed by atoms with Crippen LogP contribution in [0.3, 0.4) is 0 Å². The van der Waals surface area contributed by atoms with Gasteiger partial charge in [0.2, 0.25) is 0 Å². The molecule has 0 unspecified atom stereocenters. The lowest BCUT2D eigenvalue weighted by atomic mass is 9.80. The molecule has 2 aliphatic rings. The number of nitrogens with zero attached hydrogens (tertiary/aromatic N) is 2. The van der Waals surface area contributed by atoms with Crippen LogP contribution >= 0.6 is 0 Å². The number of ether oxygens (including phenoxy) is 2. The largest absolute Gasteiger partial charge is 0.462 e. The number of hydrogen-bond acceptors (Lipinski definition) is 8. The van der Waals surface area contributed by atoms with E-state index >= 15 is 0 Å². The van der Waals surface area contributed by atoms with E-state index in [2.05, 4.69) is 79.4 Å². The molecule has 0 radical (unpaired) electrons. The highest BCUT2D eigenvalue weighted by Gasteiger charge is 2.49. The monoisotopic (exact) mass is 737 g/mol. The Morgan fingerprint density at radius 3 is 1.02 bits per heavy atom. The van der Waals surface area contributed by atoms with E-state index in [0.717, 1.165) is 77.4 Å². The molecule has 0 aromatic rings. The van der Waals surface area contributed by atoms with Crippen LogP contribution in [0.5, 0.6) is 0 Å². The molecule has 0 amide bonds. The third-order valence-corrected chi connectivity index (χ3v) is 11.2. The predicted molar refractivity (Wildman–Crippen MR) is 214 cm³/mol. The fourth-order valence-electron chi connectivity index (χ4n) is 9.02. The minimum Gasteiger partial charge on any atom is -0.462 e. The van der Waals surface area contributed by atoms with Crippen molar-refractivity contribution in [3.05, 3.63) is 0 Å². The Morgan fingerprint density at radius 1 is 0.442 bits per heavy atom. The molecular formula is C44H84N2O6. The summed E-state index contributed by atoms with van der Waals surface area (Å²) in [5.41, 5.74) is -0.866. The summed E-state index contributed by atoms with van der Waals surface area (Å²) in [5, 5.41) is 4.34. The molecule has 0 aromatic heterocycles. The van der Waals surface area contributed by atoms with Crippen molar-refractivity contribution in [1.82, 2.24) is 10.1 Å². The van der Waals surface area contributed by atoms with Crippen molar-refractivity contribution in [1.29, 1.82) is 0 Å². The predicted octanol–water partition coefficient (Wildman–Crippen LogP) is 11.8. The topological polar surface area (TPSA) is 77.5 Å². The van der Waals surface area contributed by atoms with E-state index in [0.29, 0.717) is 12.8 Å². The van der Waals surface area contributed by atoms with Crippen LogP contribution in [0.1, 0.15) is 223 Å². The molecule has 2 fully saturated rings. The van der Waals surface area contributed by atoms with Crippen LogP contribution in [0.2, 0.25) is 0 Å². The van der Waals surface area contributed by atoms with Crippen molar-refractivity contribution in [3.8, 4) is 0 Å². The number of hydroxylamine groups is 4. The molecule has 8 nitrogen and oxygen atoms in total. The third kappa shape index (κ3) is 17.5. The van der Waals surface area contributed by atoms with E-state index in [1.54, 1.807) is 0 Å². The molecule has 0 bridgehead atoms. The first-order chi connectivity index (χ1) is 24.5. The van der Waals surface area contributed by atoms with E-state index < -0.39 is 0 Å². The quantitative estimate of drug-likeness (QED) is 0.0609. The Bertz CT molecular complexity index is 881. The molecular weight excluding hydrogens is 652 g/mol. The zero-order valence-electron chi connectivity index (χ0n) is 35.9. The molecule has 2 aliphatic heterocycles. The normalized spacial score (nSPS) is 20.6. The summed E-state index contributed by atoms with van der Waals surface area (Å²) in [6.45, 7) is 23.6. The minimum absolute atomic E-state index is 0.107. The smallest absolute Gasteiger partial charge is 0.306 e. The molecule has 0 aliphatic carbocycles. The number of rotatable bonds is 27. The number of piperidine rings is 2. The molecule has 0 aromatic carbocycles. The van der Waals surface area contributed by atoms with Gasteiger partial charge in [0.1, 0.15) is 12.2 Å². The Morgan fingerprint density at radius 2 is 0.712 bits per heavy atom. The number of unbranched alkanes of at least 4 members (excludes halogenated alkanes) is 15. The van der Waals surface area contributed by atoms with Gasteiger partial charge >= 0.3 is 11.9 Å². The Hall–Kier alpha value is -1.22. The van der Waals surface area contributed by atoms with Crippen molar-refractivity contribution >= 4 is 11.9 Å². The van der Waals surface area contributed by atoms with Gasteiger partial charge in [0.25, 0.3) is 0 Å². The molecule has 0 spiro atoms. The Labute approximate surface area is 321 Å². The van der Waals surface area contributed by atoms with Crippen molar-refractivity contribution < 1.29 is 28.7 Å². The summed E-state index contributed by atoms with van der Waals surface area (Å²) in [6, 6.07) is 0. The van der Waals surface area contributed by atoms with Gasteiger partial charge in [0, 0.05) is 60.7 Å². The van der Waals surface area contributed by atoms with Crippen LogP contribution in [-0.4, -0.2) is 69.6 Å². The third-order valence-electron chi connectivity index (χ3n) is 11.2. The van der Waals surface area contributed by atoms with Crippen LogP contribution in [-0.2, 0) is 28.7 Å². The van der Waals surface area contributed by atoms with E-state index in [-0.39, 0.29) is 46.3 Å². The summed E-state index contributed by atoms with van der Waals surface area (Å²) in [6.07, 6.45) is 24.8. The summed E-state index contributed by atoms with van der Waals surface area (Å²) in [4.78, 5) is 38.4. The zero-order valence-corrected chi connectivity index (χ0v) is 35.9. The highest BCUT2D eigenvalue weighted by Crippen LogP contribution is 2.41. The molecule has 2 rings (SSSR count). The van der Waals surface area contributed by atoms with Gasteiger partial charge in [-0.25, -0.2) is 0 Å². The van der Waals surface area contributed by atoms with Crippen molar-refractivity contribution in [2.24, 2.45) is 0 Å². The lowest BCUT2D eigenvalue weighted by Crippen LogP contribution is -2.62. The van der Waals surface area contributed by atoms with Crippen molar-refractivity contribution in [3.63, 3.8) is 0 Å². The zero-order chi connectivity index (χ0) is 38.7. The number of carbonyl (C=O) groups excluding carboxylic acids is 2. The van der Waals surface area contributed by atoms with E-state index in [1.165, 1.54) is 77.0 Å². The number of hydrogen-bond donors (Lipinski definition) is 0. The molecule has 8 heteroatoms. The highest BCUT2D eigenvalue weighted by atomic mass is 16.7. The Balaban J connectivity index is 1.62. The van der Waals surface area contributed by atoms with Gasteiger partial charge in [-0.3, -0.25) is 19.3 Å². The molecule has 2 saturated heterocycles. The average molecular weight is 737 g/mol. The highest BCUT2D eigenvalue weighted by molar-refractivity contribution is 5.70. The SMILES string of the molecule is CCCCCCCCCON1C(C)(C)CC(OC(=O)CCCCCCC(=O)OC2CC(C)(C)N(OCCCCCCCCC)C(C)(C)C2)CC1(C)C. The summed E-state index contributed by atoms with van der Waals surface area (Å²) >= 11 is 0. The fraction of sp³-hybridized carbons (Fsp3) is 0.955. The van der Waals surface area contributed by atoms with Gasteiger partial charge in [0.05, 0.1) is 13.2 Å². The summed E-state index contributed by atoms with van der Waals surface area (Å²) in [7, 11) is 0. The first-order valence-corrected chi connectivity index (χ1v) is 21.8.